The number of carboxylic acids is 1. The summed E-state index contributed by atoms with van der Waals surface area (Å²) in [5.74, 6) is -1.67. The second-order valence-corrected chi connectivity index (χ2v) is 9.56. The van der Waals surface area contributed by atoms with Crippen LogP contribution >= 0.6 is 0 Å². The third kappa shape index (κ3) is 5.84. The Balaban J connectivity index is 1.34. The van der Waals surface area contributed by atoms with Gasteiger partial charge in [0.25, 0.3) is 0 Å². The molecule has 0 bridgehead atoms. The van der Waals surface area contributed by atoms with Gasteiger partial charge in [0.1, 0.15) is 6.61 Å². The van der Waals surface area contributed by atoms with Gasteiger partial charge in [0.05, 0.1) is 5.92 Å². The molecule has 2 aliphatic carbocycles. The van der Waals surface area contributed by atoms with Gasteiger partial charge in [-0.2, -0.15) is 0 Å². The molecule has 3 N–H and O–H groups in total. The Hall–Kier alpha value is -3.35. The first-order chi connectivity index (χ1) is 17.0. The summed E-state index contributed by atoms with van der Waals surface area (Å²) in [6, 6.07) is 15.6. The van der Waals surface area contributed by atoms with Crippen LogP contribution in [0.25, 0.3) is 11.1 Å². The number of amides is 2. The molecule has 2 amide bonds. The summed E-state index contributed by atoms with van der Waals surface area (Å²) in [6.07, 6.45) is 4.06. The normalized spacial score (nSPS) is 19.5. The fourth-order valence-electron chi connectivity index (χ4n) is 5.40. The number of carbonyl (C=O) groups excluding carboxylic acids is 2. The minimum absolute atomic E-state index is 0.0270. The van der Waals surface area contributed by atoms with E-state index in [-0.39, 0.29) is 36.9 Å². The minimum atomic E-state index is -0.868. The number of carbonyl (C=O) groups is 3. The van der Waals surface area contributed by atoms with Gasteiger partial charge in [0.15, 0.2) is 0 Å². The molecule has 7 heteroatoms. The highest BCUT2D eigenvalue weighted by molar-refractivity contribution is 5.80. The van der Waals surface area contributed by atoms with Crippen LogP contribution in [0.4, 0.5) is 4.79 Å². The molecule has 0 unspecified atom stereocenters. The van der Waals surface area contributed by atoms with Gasteiger partial charge in [-0.25, -0.2) is 4.79 Å². The molecule has 2 aromatic carbocycles. The number of hydrogen-bond acceptors (Lipinski definition) is 4. The molecule has 0 radical (unpaired) electrons. The Labute approximate surface area is 206 Å². The molecule has 0 aromatic heterocycles. The molecular formula is C28H34N2O5. The molecule has 7 nitrogen and oxygen atoms in total. The van der Waals surface area contributed by atoms with Crippen molar-refractivity contribution < 1.29 is 24.2 Å². The van der Waals surface area contributed by atoms with Crippen LogP contribution in [0.1, 0.15) is 68.9 Å². The third-order valence-corrected chi connectivity index (χ3v) is 7.18. The van der Waals surface area contributed by atoms with Gasteiger partial charge in [-0.05, 0) is 41.5 Å². The lowest BCUT2D eigenvalue weighted by molar-refractivity contribution is -0.142. The first-order valence-electron chi connectivity index (χ1n) is 12.6. The molecule has 0 spiro atoms. The van der Waals surface area contributed by atoms with Crippen LogP contribution < -0.4 is 10.6 Å². The zero-order valence-electron chi connectivity index (χ0n) is 20.2. The summed E-state index contributed by atoms with van der Waals surface area (Å²) in [4.78, 5) is 36.8. The van der Waals surface area contributed by atoms with Crippen LogP contribution in [-0.4, -0.2) is 41.8 Å². The summed E-state index contributed by atoms with van der Waals surface area (Å²) in [5, 5.41) is 15.1. The molecule has 2 aliphatic rings. The lowest BCUT2D eigenvalue weighted by atomic mass is 9.98. The van der Waals surface area contributed by atoms with Crippen LogP contribution in [0.2, 0.25) is 0 Å². The van der Waals surface area contributed by atoms with E-state index in [2.05, 4.69) is 41.8 Å². The number of ether oxygens (including phenoxy) is 1. The highest BCUT2D eigenvalue weighted by Crippen LogP contribution is 2.44. The molecule has 0 saturated heterocycles. The lowest BCUT2D eigenvalue weighted by Crippen LogP contribution is -2.44. The van der Waals surface area contributed by atoms with Crippen molar-refractivity contribution in [2.45, 2.75) is 69.9 Å². The Morgan fingerprint density at radius 2 is 1.69 bits per heavy atom. The van der Waals surface area contributed by atoms with Crippen LogP contribution in [0, 0.1) is 5.92 Å². The van der Waals surface area contributed by atoms with E-state index in [0.29, 0.717) is 19.3 Å². The fraction of sp³-hybridized carbons (Fsp3) is 0.464. The van der Waals surface area contributed by atoms with Crippen molar-refractivity contribution in [2.24, 2.45) is 5.92 Å². The molecular weight excluding hydrogens is 444 g/mol. The number of unbranched alkanes of at least 4 members (excludes halogenated alkanes) is 1. The molecule has 1 saturated carbocycles. The molecule has 0 heterocycles. The number of alkyl carbamates (subject to hydrolysis) is 1. The van der Waals surface area contributed by atoms with E-state index in [1.165, 1.54) is 11.1 Å². The number of nitrogens with one attached hydrogen (secondary N) is 2. The average Bonchev–Trinajstić information content (AvgIpc) is 3.44. The average molecular weight is 479 g/mol. The molecule has 3 atom stereocenters. The summed E-state index contributed by atoms with van der Waals surface area (Å²) in [6.45, 7) is 2.27. The SMILES string of the molecule is CCCC[C@@H](CC(=O)N[C@H]1CCC[C@H]1C(=O)O)NC(=O)OCC1c2ccccc2-c2ccccc21. The van der Waals surface area contributed by atoms with Crippen molar-refractivity contribution in [3.8, 4) is 11.1 Å². The van der Waals surface area contributed by atoms with E-state index in [0.717, 1.165) is 30.4 Å². The van der Waals surface area contributed by atoms with Gasteiger partial charge in [-0.1, -0.05) is 74.7 Å². The van der Waals surface area contributed by atoms with Crippen LogP contribution in [0.5, 0.6) is 0 Å². The van der Waals surface area contributed by atoms with Gasteiger partial charge in [-0.15, -0.1) is 0 Å². The summed E-state index contributed by atoms with van der Waals surface area (Å²) < 4.78 is 5.65. The fourth-order valence-corrected chi connectivity index (χ4v) is 5.40. The Morgan fingerprint density at radius 1 is 1.03 bits per heavy atom. The zero-order chi connectivity index (χ0) is 24.8. The molecule has 0 aliphatic heterocycles. The maximum Gasteiger partial charge on any atom is 0.407 e. The van der Waals surface area contributed by atoms with Crippen LogP contribution in [0.3, 0.4) is 0 Å². The zero-order valence-corrected chi connectivity index (χ0v) is 20.2. The van der Waals surface area contributed by atoms with E-state index in [9.17, 15) is 19.5 Å². The van der Waals surface area contributed by atoms with Gasteiger partial charge in [-0.3, -0.25) is 9.59 Å². The predicted molar refractivity (Wildman–Crippen MR) is 133 cm³/mol. The predicted octanol–water partition coefficient (Wildman–Crippen LogP) is 4.84. The monoisotopic (exact) mass is 478 g/mol. The van der Waals surface area contributed by atoms with Crippen molar-refractivity contribution in [1.29, 1.82) is 0 Å². The Morgan fingerprint density at radius 3 is 2.31 bits per heavy atom. The summed E-state index contributed by atoms with van der Waals surface area (Å²) >= 11 is 0. The standard InChI is InChI=1S/C28H34N2O5/c1-2-3-9-18(16-26(31)30-25-15-8-14-23(25)27(32)33)29-28(34)35-17-24-21-12-6-4-10-19(21)20-11-5-7-13-22(20)24/h4-7,10-13,18,23-25H,2-3,8-9,14-17H2,1H3,(H,29,34)(H,30,31)(H,32,33)/t18-,23+,25-/m0/s1. The van der Waals surface area contributed by atoms with Crippen molar-refractivity contribution in [2.75, 3.05) is 6.61 Å². The summed E-state index contributed by atoms with van der Waals surface area (Å²) in [7, 11) is 0. The van der Waals surface area contributed by atoms with Gasteiger partial charge >= 0.3 is 12.1 Å². The maximum absolute atomic E-state index is 12.7. The highest BCUT2D eigenvalue weighted by Gasteiger charge is 2.34. The molecule has 1 fully saturated rings. The maximum atomic E-state index is 12.7. The molecule has 35 heavy (non-hydrogen) atoms. The van der Waals surface area contributed by atoms with Gasteiger partial charge in [0, 0.05) is 24.4 Å². The number of carboxylic acid groups (broad SMARTS) is 1. The smallest absolute Gasteiger partial charge is 0.407 e. The lowest BCUT2D eigenvalue weighted by Gasteiger charge is -2.22. The highest BCUT2D eigenvalue weighted by atomic mass is 16.5. The second-order valence-electron chi connectivity index (χ2n) is 9.56. The number of rotatable bonds is 10. The van der Waals surface area contributed by atoms with Crippen molar-refractivity contribution in [1.82, 2.24) is 10.6 Å². The van der Waals surface area contributed by atoms with Gasteiger partial charge < -0.3 is 20.5 Å². The van der Waals surface area contributed by atoms with Crippen LogP contribution in [-0.2, 0) is 14.3 Å². The Bertz CT molecular complexity index is 1020. The van der Waals surface area contributed by atoms with Crippen molar-refractivity contribution in [3.63, 3.8) is 0 Å². The number of hydrogen-bond donors (Lipinski definition) is 3. The quantitative estimate of drug-likeness (QED) is 0.453. The van der Waals surface area contributed by atoms with Crippen molar-refractivity contribution in [3.05, 3.63) is 59.7 Å². The van der Waals surface area contributed by atoms with Crippen molar-refractivity contribution >= 4 is 18.0 Å². The topological polar surface area (TPSA) is 105 Å². The van der Waals surface area contributed by atoms with E-state index < -0.39 is 18.0 Å². The Kier molecular flexibility index (Phi) is 8.06. The number of fused-ring (bicyclic) bond motifs is 3. The third-order valence-electron chi connectivity index (χ3n) is 7.18. The van der Waals surface area contributed by atoms with E-state index >= 15 is 0 Å². The van der Waals surface area contributed by atoms with E-state index in [4.69, 9.17) is 4.74 Å². The largest absolute Gasteiger partial charge is 0.481 e. The first kappa shape index (κ1) is 24.8. The van der Waals surface area contributed by atoms with E-state index in [1.807, 2.05) is 24.3 Å². The van der Waals surface area contributed by atoms with E-state index in [1.54, 1.807) is 0 Å². The molecule has 4 rings (SSSR count). The minimum Gasteiger partial charge on any atom is -0.481 e. The van der Waals surface area contributed by atoms with Gasteiger partial charge in [0.2, 0.25) is 5.91 Å². The molecule has 2 aromatic rings. The molecule has 186 valence electrons. The van der Waals surface area contributed by atoms with Crippen LogP contribution in [0.15, 0.2) is 48.5 Å². The second kappa shape index (κ2) is 11.4. The number of benzene rings is 2. The summed E-state index contributed by atoms with van der Waals surface area (Å²) in [5.41, 5.74) is 4.63. The first-order valence-corrected chi connectivity index (χ1v) is 12.6. The number of aliphatic carboxylic acids is 1.